The lowest BCUT2D eigenvalue weighted by Crippen LogP contribution is -2.04. The highest BCUT2D eigenvalue weighted by atomic mass is 16.5. The summed E-state index contributed by atoms with van der Waals surface area (Å²) < 4.78 is 11.3. The van der Waals surface area contributed by atoms with Gasteiger partial charge in [-0.15, -0.1) is 0 Å². The van der Waals surface area contributed by atoms with Gasteiger partial charge in [0.2, 0.25) is 0 Å². The molecule has 1 aromatic heterocycles. The van der Waals surface area contributed by atoms with E-state index in [9.17, 15) is 0 Å². The number of hydrogen-bond donors (Lipinski definition) is 1. The average Bonchev–Trinajstić information content (AvgIpc) is 2.49. The highest BCUT2D eigenvalue weighted by Crippen LogP contribution is 2.27. The van der Waals surface area contributed by atoms with Gasteiger partial charge in [0, 0.05) is 24.4 Å². The molecule has 1 heterocycles. The van der Waals surface area contributed by atoms with Gasteiger partial charge in [-0.25, -0.2) is 0 Å². The summed E-state index contributed by atoms with van der Waals surface area (Å²) in [6.07, 6.45) is 3.51. The Morgan fingerprint density at radius 2 is 2.00 bits per heavy atom. The van der Waals surface area contributed by atoms with Gasteiger partial charge >= 0.3 is 0 Å². The Bertz CT molecular complexity index is 529. The quantitative estimate of drug-likeness (QED) is 0.787. The summed E-state index contributed by atoms with van der Waals surface area (Å²) >= 11 is 0. The van der Waals surface area contributed by atoms with Gasteiger partial charge in [-0.2, -0.15) is 0 Å². The molecule has 0 saturated carbocycles. The zero-order chi connectivity index (χ0) is 14.2. The highest BCUT2D eigenvalue weighted by molar-refractivity contribution is 5.55. The van der Waals surface area contributed by atoms with E-state index in [1.807, 2.05) is 30.3 Å². The number of ether oxygens (including phenoxy) is 2. The van der Waals surface area contributed by atoms with E-state index in [4.69, 9.17) is 15.2 Å². The van der Waals surface area contributed by atoms with E-state index < -0.39 is 0 Å². The molecule has 4 heteroatoms. The Balaban J connectivity index is 1.89. The summed E-state index contributed by atoms with van der Waals surface area (Å²) in [5, 5.41) is 0. The number of benzene rings is 1. The van der Waals surface area contributed by atoms with E-state index in [0.29, 0.717) is 24.7 Å². The van der Waals surface area contributed by atoms with Crippen LogP contribution < -0.4 is 15.2 Å². The summed E-state index contributed by atoms with van der Waals surface area (Å²) in [5.74, 6) is 1.45. The van der Waals surface area contributed by atoms with Crippen molar-refractivity contribution in [3.63, 3.8) is 0 Å². The number of nitrogens with two attached hydrogens (primary N) is 1. The van der Waals surface area contributed by atoms with Crippen molar-refractivity contribution in [1.82, 2.24) is 4.98 Å². The van der Waals surface area contributed by atoms with E-state index in [1.54, 1.807) is 12.3 Å². The van der Waals surface area contributed by atoms with E-state index >= 15 is 0 Å². The molecule has 2 rings (SSSR count). The Morgan fingerprint density at radius 3 is 2.75 bits per heavy atom. The van der Waals surface area contributed by atoms with Gasteiger partial charge < -0.3 is 15.2 Å². The molecule has 0 unspecified atom stereocenters. The maximum atomic E-state index is 5.86. The first-order valence-electron chi connectivity index (χ1n) is 6.84. The molecule has 0 aliphatic rings. The Morgan fingerprint density at radius 1 is 1.10 bits per heavy atom. The van der Waals surface area contributed by atoms with E-state index in [1.165, 1.54) is 0 Å². The molecule has 106 valence electrons. The third-order valence-corrected chi connectivity index (χ3v) is 2.80. The minimum absolute atomic E-state index is 0.578. The van der Waals surface area contributed by atoms with Gasteiger partial charge in [0.15, 0.2) is 0 Å². The zero-order valence-electron chi connectivity index (χ0n) is 11.7. The molecule has 0 fully saturated rings. The van der Waals surface area contributed by atoms with Crippen LogP contribution in [-0.4, -0.2) is 18.2 Å². The first kappa shape index (κ1) is 14.2. The molecule has 0 aliphatic carbocycles. The largest absolute Gasteiger partial charge is 0.493 e. The SMILES string of the molecule is CCCOc1cc(OCCc2ccccn2)ccc1N. The van der Waals surface area contributed by atoms with Crippen LogP contribution in [0.15, 0.2) is 42.6 Å². The number of anilines is 1. The molecule has 0 aliphatic heterocycles. The van der Waals surface area contributed by atoms with E-state index in [2.05, 4.69) is 11.9 Å². The second-order valence-corrected chi connectivity index (χ2v) is 4.47. The number of nitrogen functional groups attached to an aromatic ring is 1. The summed E-state index contributed by atoms with van der Waals surface area (Å²) in [7, 11) is 0. The smallest absolute Gasteiger partial charge is 0.145 e. The monoisotopic (exact) mass is 272 g/mol. The Labute approximate surface area is 119 Å². The molecule has 20 heavy (non-hydrogen) atoms. The van der Waals surface area contributed by atoms with E-state index in [-0.39, 0.29) is 0 Å². The average molecular weight is 272 g/mol. The fourth-order valence-electron chi connectivity index (χ4n) is 1.76. The molecule has 2 N–H and O–H groups in total. The number of aromatic nitrogens is 1. The molecule has 0 spiro atoms. The lowest BCUT2D eigenvalue weighted by atomic mass is 10.2. The van der Waals surface area contributed by atoms with Gasteiger partial charge in [0.25, 0.3) is 0 Å². The van der Waals surface area contributed by atoms with Gasteiger partial charge in [0.05, 0.1) is 18.9 Å². The van der Waals surface area contributed by atoms with Crippen LogP contribution in [0, 0.1) is 0 Å². The summed E-state index contributed by atoms with van der Waals surface area (Å²) in [5.41, 5.74) is 7.51. The van der Waals surface area contributed by atoms with Crippen molar-refractivity contribution in [3.8, 4) is 11.5 Å². The number of pyridine rings is 1. The molecule has 4 nitrogen and oxygen atoms in total. The second-order valence-electron chi connectivity index (χ2n) is 4.47. The third-order valence-electron chi connectivity index (χ3n) is 2.80. The summed E-state index contributed by atoms with van der Waals surface area (Å²) in [4.78, 5) is 4.26. The van der Waals surface area contributed by atoms with Crippen LogP contribution in [0.2, 0.25) is 0 Å². The van der Waals surface area contributed by atoms with Crippen molar-refractivity contribution in [2.75, 3.05) is 18.9 Å². The van der Waals surface area contributed by atoms with Crippen LogP contribution in [0.5, 0.6) is 11.5 Å². The first-order chi connectivity index (χ1) is 9.79. The maximum Gasteiger partial charge on any atom is 0.145 e. The van der Waals surface area contributed by atoms with Crippen molar-refractivity contribution in [1.29, 1.82) is 0 Å². The minimum atomic E-state index is 0.578. The molecule has 0 atom stereocenters. The van der Waals surface area contributed by atoms with Crippen LogP contribution in [0.1, 0.15) is 19.0 Å². The number of nitrogens with zero attached hydrogens (tertiary/aromatic N) is 1. The van der Waals surface area contributed by atoms with E-state index in [0.717, 1.165) is 24.3 Å². The van der Waals surface area contributed by atoms with Crippen molar-refractivity contribution in [2.24, 2.45) is 0 Å². The summed E-state index contributed by atoms with van der Waals surface area (Å²) in [6, 6.07) is 11.4. The van der Waals surface area contributed by atoms with Gasteiger partial charge in [-0.3, -0.25) is 4.98 Å². The van der Waals surface area contributed by atoms with Crippen LogP contribution in [-0.2, 0) is 6.42 Å². The maximum absolute atomic E-state index is 5.86. The number of rotatable bonds is 7. The second kappa shape index (κ2) is 7.38. The van der Waals surface area contributed by atoms with Crippen LogP contribution >= 0.6 is 0 Å². The fourth-order valence-corrected chi connectivity index (χ4v) is 1.76. The van der Waals surface area contributed by atoms with Gasteiger partial charge in [-0.1, -0.05) is 13.0 Å². The molecular weight excluding hydrogens is 252 g/mol. The molecule has 2 aromatic rings. The van der Waals surface area contributed by atoms with Crippen LogP contribution in [0.4, 0.5) is 5.69 Å². The Hall–Kier alpha value is -2.23. The lowest BCUT2D eigenvalue weighted by Gasteiger charge is -2.11. The normalized spacial score (nSPS) is 10.2. The molecule has 0 saturated heterocycles. The first-order valence-corrected chi connectivity index (χ1v) is 6.84. The van der Waals surface area contributed by atoms with Crippen LogP contribution in [0.3, 0.4) is 0 Å². The van der Waals surface area contributed by atoms with Crippen LogP contribution in [0.25, 0.3) is 0 Å². The molecule has 0 bridgehead atoms. The van der Waals surface area contributed by atoms with Crippen molar-refractivity contribution in [2.45, 2.75) is 19.8 Å². The predicted octanol–water partition coefficient (Wildman–Crippen LogP) is 3.07. The highest BCUT2D eigenvalue weighted by Gasteiger charge is 2.03. The molecule has 0 radical (unpaired) electrons. The zero-order valence-corrected chi connectivity index (χ0v) is 11.7. The van der Waals surface area contributed by atoms with Crippen molar-refractivity contribution in [3.05, 3.63) is 48.3 Å². The standard InChI is InChI=1S/C16H20N2O2/c1-2-10-20-16-12-14(6-7-15(16)17)19-11-8-13-5-3-4-9-18-13/h3-7,9,12H,2,8,10-11,17H2,1H3. The van der Waals surface area contributed by atoms with Gasteiger partial charge in [0.1, 0.15) is 11.5 Å². The minimum Gasteiger partial charge on any atom is -0.493 e. The van der Waals surface area contributed by atoms with Crippen molar-refractivity contribution >= 4 is 5.69 Å². The molecular formula is C16H20N2O2. The predicted molar refractivity (Wildman–Crippen MR) is 80.1 cm³/mol. The topological polar surface area (TPSA) is 57.4 Å². The van der Waals surface area contributed by atoms with Crippen molar-refractivity contribution < 1.29 is 9.47 Å². The molecule has 1 aromatic carbocycles. The van der Waals surface area contributed by atoms with Gasteiger partial charge in [-0.05, 0) is 30.7 Å². The lowest BCUT2D eigenvalue weighted by molar-refractivity contribution is 0.304. The summed E-state index contributed by atoms with van der Waals surface area (Å²) in [6.45, 7) is 3.29. The Kier molecular flexibility index (Phi) is 5.24. The third kappa shape index (κ3) is 4.16. The fraction of sp³-hybridized carbons (Fsp3) is 0.312. The number of hydrogen-bond acceptors (Lipinski definition) is 4. The molecule has 0 amide bonds.